The van der Waals surface area contributed by atoms with E-state index in [1.54, 1.807) is 31.4 Å². The third kappa shape index (κ3) is 4.32. The van der Waals surface area contributed by atoms with Gasteiger partial charge < -0.3 is 4.74 Å². The fourth-order valence-electron chi connectivity index (χ4n) is 3.07. The Kier molecular flexibility index (Phi) is 5.53. The number of rotatable bonds is 5. The second-order valence-corrected chi connectivity index (χ2v) is 6.76. The molecule has 0 spiro atoms. The van der Waals surface area contributed by atoms with Crippen molar-refractivity contribution in [1.82, 2.24) is 20.2 Å². The number of carbonyl (C=O) groups excluding carboxylic acids is 3. The first-order chi connectivity index (χ1) is 15.0. The minimum atomic E-state index is -0.765. The van der Waals surface area contributed by atoms with E-state index in [0.29, 0.717) is 22.7 Å². The van der Waals surface area contributed by atoms with Crippen molar-refractivity contribution in [2.75, 3.05) is 7.11 Å². The molecular formula is C23H18N4O4. The molecule has 1 saturated heterocycles. The van der Waals surface area contributed by atoms with Crippen LogP contribution in [0.25, 0.3) is 17.5 Å². The van der Waals surface area contributed by atoms with Gasteiger partial charge >= 0.3 is 6.03 Å². The van der Waals surface area contributed by atoms with Crippen LogP contribution in [0.15, 0.2) is 72.6 Å². The number of aromatic nitrogens is 2. The molecule has 31 heavy (non-hydrogen) atoms. The molecule has 4 amide bonds. The van der Waals surface area contributed by atoms with Gasteiger partial charge in [-0.25, -0.2) is 14.8 Å². The van der Waals surface area contributed by atoms with E-state index in [0.717, 1.165) is 10.5 Å². The molecule has 0 radical (unpaired) electrons. The summed E-state index contributed by atoms with van der Waals surface area (Å²) >= 11 is 0. The molecular weight excluding hydrogens is 396 g/mol. The van der Waals surface area contributed by atoms with Crippen molar-refractivity contribution in [2.24, 2.45) is 0 Å². The molecule has 0 saturated carbocycles. The minimum Gasteiger partial charge on any atom is -0.497 e. The maximum Gasteiger partial charge on any atom is 0.331 e. The second-order valence-electron chi connectivity index (χ2n) is 6.76. The molecule has 4 rings (SSSR count). The molecule has 1 fully saturated rings. The number of methoxy groups -OCH3 is 1. The monoisotopic (exact) mass is 414 g/mol. The smallest absolute Gasteiger partial charge is 0.331 e. The normalized spacial score (nSPS) is 15.2. The van der Waals surface area contributed by atoms with Crippen molar-refractivity contribution in [3.05, 3.63) is 83.7 Å². The van der Waals surface area contributed by atoms with E-state index in [-0.39, 0.29) is 12.1 Å². The number of imide groups is 2. The van der Waals surface area contributed by atoms with Crippen molar-refractivity contribution in [3.63, 3.8) is 0 Å². The minimum absolute atomic E-state index is 0.0166. The van der Waals surface area contributed by atoms with E-state index in [1.165, 1.54) is 18.5 Å². The van der Waals surface area contributed by atoms with E-state index >= 15 is 0 Å². The SMILES string of the molecule is COc1ccc(CN2C(=O)NC(=O)/C(=C/c3cnc(-c4ccccc4)nc3)C2=O)cc1. The zero-order valence-corrected chi connectivity index (χ0v) is 16.6. The Hall–Kier alpha value is -4.33. The molecule has 0 atom stereocenters. The molecule has 0 aliphatic carbocycles. The molecule has 2 heterocycles. The number of barbiturate groups is 1. The van der Waals surface area contributed by atoms with Gasteiger partial charge in [-0.05, 0) is 23.8 Å². The van der Waals surface area contributed by atoms with Gasteiger partial charge in [0.2, 0.25) is 0 Å². The predicted octanol–water partition coefficient (Wildman–Crippen LogP) is 2.81. The summed E-state index contributed by atoms with van der Waals surface area (Å²) in [7, 11) is 1.55. The van der Waals surface area contributed by atoms with Gasteiger partial charge in [0.05, 0.1) is 13.7 Å². The van der Waals surface area contributed by atoms with Crippen LogP contribution in [0.4, 0.5) is 4.79 Å². The van der Waals surface area contributed by atoms with Gasteiger partial charge in [-0.3, -0.25) is 19.8 Å². The van der Waals surface area contributed by atoms with Crippen LogP contribution in [0.2, 0.25) is 0 Å². The van der Waals surface area contributed by atoms with E-state index in [9.17, 15) is 14.4 Å². The fourth-order valence-corrected chi connectivity index (χ4v) is 3.07. The van der Waals surface area contributed by atoms with Gasteiger partial charge in [0.1, 0.15) is 11.3 Å². The van der Waals surface area contributed by atoms with E-state index in [2.05, 4.69) is 15.3 Å². The zero-order valence-electron chi connectivity index (χ0n) is 16.6. The first kappa shape index (κ1) is 20.0. The van der Waals surface area contributed by atoms with Crippen LogP contribution in [0.1, 0.15) is 11.1 Å². The van der Waals surface area contributed by atoms with Gasteiger partial charge in [0.15, 0.2) is 5.82 Å². The van der Waals surface area contributed by atoms with Crippen LogP contribution < -0.4 is 10.1 Å². The molecule has 1 aliphatic rings. The molecule has 0 bridgehead atoms. The highest BCUT2D eigenvalue weighted by Crippen LogP contribution is 2.19. The van der Waals surface area contributed by atoms with Crippen molar-refractivity contribution < 1.29 is 19.1 Å². The van der Waals surface area contributed by atoms with E-state index < -0.39 is 17.8 Å². The number of hydrogen-bond donors (Lipinski definition) is 1. The second kappa shape index (κ2) is 8.58. The maximum absolute atomic E-state index is 12.9. The summed E-state index contributed by atoms with van der Waals surface area (Å²) < 4.78 is 5.11. The molecule has 3 aromatic rings. The van der Waals surface area contributed by atoms with E-state index in [4.69, 9.17) is 4.74 Å². The summed E-state index contributed by atoms with van der Waals surface area (Å²) in [6.07, 6.45) is 4.42. The van der Waals surface area contributed by atoms with Gasteiger partial charge in [-0.15, -0.1) is 0 Å². The summed E-state index contributed by atoms with van der Waals surface area (Å²) in [6, 6.07) is 15.6. The maximum atomic E-state index is 12.9. The number of urea groups is 1. The predicted molar refractivity (Wildman–Crippen MR) is 113 cm³/mol. The van der Waals surface area contributed by atoms with Crippen LogP contribution in [0.5, 0.6) is 5.75 Å². The Morgan fingerprint density at radius 3 is 2.29 bits per heavy atom. The van der Waals surface area contributed by atoms with Crippen molar-refractivity contribution in [2.45, 2.75) is 6.54 Å². The average molecular weight is 414 g/mol. The van der Waals surface area contributed by atoms with Crippen LogP contribution >= 0.6 is 0 Å². The number of benzene rings is 2. The average Bonchev–Trinajstić information content (AvgIpc) is 2.81. The Labute approximate surface area is 178 Å². The molecule has 0 unspecified atom stereocenters. The van der Waals surface area contributed by atoms with Crippen LogP contribution in [-0.2, 0) is 16.1 Å². The third-order valence-corrected chi connectivity index (χ3v) is 4.70. The summed E-state index contributed by atoms with van der Waals surface area (Å²) in [5, 5.41) is 2.20. The van der Waals surface area contributed by atoms with Gasteiger partial charge in [0.25, 0.3) is 11.8 Å². The van der Waals surface area contributed by atoms with Gasteiger partial charge in [-0.1, -0.05) is 42.5 Å². The van der Waals surface area contributed by atoms with E-state index in [1.807, 2.05) is 30.3 Å². The Balaban J connectivity index is 1.56. The number of hydrogen-bond acceptors (Lipinski definition) is 6. The molecule has 1 N–H and O–H groups in total. The number of carbonyl (C=O) groups is 3. The lowest BCUT2D eigenvalue weighted by atomic mass is 10.1. The van der Waals surface area contributed by atoms with Gasteiger partial charge in [0, 0.05) is 23.5 Å². The summed E-state index contributed by atoms with van der Waals surface area (Å²) in [5.41, 5.74) is 1.87. The largest absolute Gasteiger partial charge is 0.497 e. The third-order valence-electron chi connectivity index (χ3n) is 4.70. The number of nitrogens with one attached hydrogen (secondary N) is 1. The topological polar surface area (TPSA) is 101 Å². The van der Waals surface area contributed by atoms with Gasteiger partial charge in [-0.2, -0.15) is 0 Å². The fraction of sp³-hybridized carbons (Fsp3) is 0.0870. The number of nitrogens with zero attached hydrogens (tertiary/aromatic N) is 3. The summed E-state index contributed by atoms with van der Waals surface area (Å²) in [5.74, 6) is -0.254. The molecule has 8 nitrogen and oxygen atoms in total. The Morgan fingerprint density at radius 2 is 1.65 bits per heavy atom. The highest BCUT2D eigenvalue weighted by atomic mass is 16.5. The standard InChI is InChI=1S/C23H18N4O4/c1-31-18-9-7-15(8-10-18)14-27-22(29)19(21(28)26-23(27)30)11-16-12-24-20(25-13-16)17-5-3-2-4-6-17/h2-13H,14H2,1H3,(H,26,28,30)/b19-11-. The number of ether oxygens (including phenoxy) is 1. The highest BCUT2D eigenvalue weighted by molar-refractivity contribution is 6.30. The molecule has 1 aromatic heterocycles. The summed E-state index contributed by atoms with van der Waals surface area (Å²) in [4.78, 5) is 47.0. The van der Waals surface area contributed by atoms with Crippen molar-refractivity contribution in [1.29, 1.82) is 0 Å². The Bertz CT molecular complexity index is 1160. The molecule has 8 heteroatoms. The first-order valence-corrected chi connectivity index (χ1v) is 9.44. The lowest BCUT2D eigenvalue weighted by Crippen LogP contribution is -2.53. The lowest BCUT2D eigenvalue weighted by molar-refractivity contribution is -0.130. The quantitative estimate of drug-likeness (QED) is 0.509. The van der Waals surface area contributed by atoms with Crippen LogP contribution in [-0.4, -0.2) is 39.8 Å². The highest BCUT2D eigenvalue weighted by Gasteiger charge is 2.35. The lowest BCUT2D eigenvalue weighted by Gasteiger charge is -2.26. The van der Waals surface area contributed by atoms with Crippen molar-refractivity contribution in [3.8, 4) is 17.1 Å². The summed E-state index contributed by atoms with van der Waals surface area (Å²) in [6.45, 7) is 0.0166. The van der Waals surface area contributed by atoms with Crippen LogP contribution in [0.3, 0.4) is 0 Å². The molecule has 154 valence electrons. The number of amides is 4. The Morgan fingerprint density at radius 1 is 0.968 bits per heavy atom. The first-order valence-electron chi connectivity index (χ1n) is 9.44. The molecule has 1 aliphatic heterocycles. The zero-order chi connectivity index (χ0) is 21.8. The molecule has 2 aromatic carbocycles. The van der Waals surface area contributed by atoms with Crippen LogP contribution in [0, 0.1) is 0 Å². The van der Waals surface area contributed by atoms with Crippen molar-refractivity contribution >= 4 is 23.9 Å².